The fourth-order valence-electron chi connectivity index (χ4n) is 1.72. The summed E-state index contributed by atoms with van der Waals surface area (Å²) in [5, 5.41) is 14.6. The van der Waals surface area contributed by atoms with Crippen LogP contribution in [0.15, 0.2) is 18.2 Å². The van der Waals surface area contributed by atoms with Crippen molar-refractivity contribution in [2.45, 2.75) is 40.0 Å². The number of amides is 1. The van der Waals surface area contributed by atoms with Crippen molar-refractivity contribution in [2.75, 3.05) is 11.9 Å². The van der Waals surface area contributed by atoms with E-state index in [-0.39, 0.29) is 29.7 Å². The van der Waals surface area contributed by atoms with E-state index in [1.165, 1.54) is 25.1 Å². The summed E-state index contributed by atoms with van der Waals surface area (Å²) in [6.07, 6.45) is -1.34. The van der Waals surface area contributed by atoms with Crippen molar-refractivity contribution in [1.29, 1.82) is 0 Å². The number of ether oxygens (including phenoxy) is 1. The average Bonchev–Trinajstić information content (AvgIpc) is 2.46. The average molecular weight is 326 g/mol. The summed E-state index contributed by atoms with van der Waals surface area (Å²) in [4.78, 5) is 23.4. The molecule has 1 rings (SSSR count). The van der Waals surface area contributed by atoms with Gasteiger partial charge in [-0.05, 0) is 26.0 Å². The van der Waals surface area contributed by atoms with Gasteiger partial charge in [0.1, 0.15) is 6.61 Å². The molecule has 0 saturated heterocycles. The minimum Gasteiger partial charge on any atom is -0.459 e. The van der Waals surface area contributed by atoms with E-state index in [4.69, 9.17) is 9.84 Å². The molecule has 2 atom stereocenters. The largest absolute Gasteiger partial charge is 0.459 e. The third-order valence-electron chi connectivity index (χ3n) is 2.93. The number of esters is 1. The molecule has 0 aliphatic carbocycles. The minimum atomic E-state index is -0.856. The number of hydrogen-bond donors (Lipinski definition) is 3. The summed E-state index contributed by atoms with van der Waals surface area (Å²) in [6.45, 7) is 6.42. The molecule has 0 aromatic heterocycles. The number of benzene rings is 1. The monoisotopic (exact) mass is 326 g/mol. The lowest BCUT2D eigenvalue weighted by Crippen LogP contribution is -2.40. The highest BCUT2D eigenvalue weighted by Crippen LogP contribution is 2.19. The second-order valence-corrected chi connectivity index (χ2v) is 5.64. The molecule has 6 nitrogen and oxygen atoms in total. The molecule has 0 heterocycles. The van der Waals surface area contributed by atoms with Crippen LogP contribution < -0.4 is 10.6 Å². The third-order valence-corrected chi connectivity index (χ3v) is 2.93. The Morgan fingerprint density at radius 2 is 1.91 bits per heavy atom. The first kappa shape index (κ1) is 18.9. The van der Waals surface area contributed by atoms with Crippen molar-refractivity contribution < 1.29 is 23.8 Å². The second kappa shape index (κ2) is 8.47. The fourth-order valence-corrected chi connectivity index (χ4v) is 1.72. The first-order valence-electron chi connectivity index (χ1n) is 7.43. The molecule has 1 amide bonds. The third kappa shape index (κ3) is 5.86. The van der Waals surface area contributed by atoms with Gasteiger partial charge in [-0.2, -0.15) is 0 Å². The zero-order valence-corrected chi connectivity index (χ0v) is 13.7. The molecule has 0 fully saturated rings. The van der Waals surface area contributed by atoms with Gasteiger partial charge in [-0.3, -0.25) is 4.79 Å². The molecule has 1 aromatic rings. The van der Waals surface area contributed by atoms with Crippen LogP contribution in [0, 0.1) is 11.7 Å². The molecule has 7 heteroatoms. The summed E-state index contributed by atoms with van der Waals surface area (Å²) < 4.78 is 19.2. The molecule has 2 unspecified atom stereocenters. The van der Waals surface area contributed by atoms with Gasteiger partial charge in [-0.25, -0.2) is 9.18 Å². The Balaban J connectivity index is 2.79. The fraction of sp³-hybridized carbons (Fsp3) is 0.500. The van der Waals surface area contributed by atoms with E-state index in [2.05, 4.69) is 10.6 Å². The highest BCUT2D eigenvalue weighted by molar-refractivity contribution is 5.91. The Hall–Kier alpha value is -2.15. The number of aliphatic hydroxyl groups is 1. The van der Waals surface area contributed by atoms with Crippen LogP contribution in [0.4, 0.5) is 10.1 Å². The highest BCUT2D eigenvalue weighted by Gasteiger charge is 2.18. The van der Waals surface area contributed by atoms with Crippen molar-refractivity contribution in [3.8, 4) is 0 Å². The SMILES string of the molecule is CC(O)COC(=O)c1cccc(NC(C)NC(=O)C(C)C)c1F. The zero-order valence-electron chi connectivity index (χ0n) is 13.7. The second-order valence-electron chi connectivity index (χ2n) is 5.64. The van der Waals surface area contributed by atoms with Crippen molar-refractivity contribution in [3.05, 3.63) is 29.6 Å². The summed E-state index contributed by atoms with van der Waals surface area (Å²) >= 11 is 0. The predicted octanol–water partition coefficient (Wildman–Crippen LogP) is 1.89. The van der Waals surface area contributed by atoms with Crippen LogP contribution >= 0.6 is 0 Å². The molecule has 0 bridgehead atoms. The number of aliphatic hydroxyl groups excluding tert-OH is 1. The van der Waals surface area contributed by atoms with Crippen molar-refractivity contribution in [1.82, 2.24) is 5.32 Å². The molecule has 0 aliphatic heterocycles. The lowest BCUT2D eigenvalue weighted by molar-refractivity contribution is -0.124. The minimum absolute atomic E-state index is 0.0769. The van der Waals surface area contributed by atoms with Gasteiger partial charge in [0, 0.05) is 5.92 Å². The van der Waals surface area contributed by atoms with Gasteiger partial charge in [0.15, 0.2) is 5.82 Å². The molecule has 128 valence electrons. The normalized spacial score (nSPS) is 13.3. The van der Waals surface area contributed by atoms with E-state index in [0.717, 1.165) is 0 Å². The topological polar surface area (TPSA) is 87.7 Å². The maximum absolute atomic E-state index is 14.4. The van der Waals surface area contributed by atoms with Gasteiger partial charge >= 0.3 is 5.97 Å². The van der Waals surface area contributed by atoms with Crippen LogP contribution in [-0.2, 0) is 9.53 Å². The molecular formula is C16H23FN2O4. The number of hydrogen-bond acceptors (Lipinski definition) is 5. The number of nitrogens with one attached hydrogen (secondary N) is 2. The maximum Gasteiger partial charge on any atom is 0.341 e. The predicted molar refractivity (Wildman–Crippen MR) is 84.4 cm³/mol. The molecule has 0 saturated carbocycles. The Morgan fingerprint density at radius 3 is 2.48 bits per heavy atom. The maximum atomic E-state index is 14.4. The van der Waals surface area contributed by atoms with Gasteiger partial charge in [0.05, 0.1) is 23.5 Å². The molecule has 0 spiro atoms. The summed E-state index contributed by atoms with van der Waals surface area (Å²) in [7, 11) is 0. The quantitative estimate of drug-likeness (QED) is 0.526. The molecule has 0 radical (unpaired) electrons. The number of carbonyl (C=O) groups is 2. The molecule has 23 heavy (non-hydrogen) atoms. The van der Waals surface area contributed by atoms with E-state index >= 15 is 0 Å². The number of anilines is 1. The van der Waals surface area contributed by atoms with E-state index < -0.39 is 24.1 Å². The van der Waals surface area contributed by atoms with Gasteiger partial charge < -0.3 is 20.5 Å². The van der Waals surface area contributed by atoms with Gasteiger partial charge in [-0.1, -0.05) is 19.9 Å². The summed E-state index contributed by atoms with van der Waals surface area (Å²) in [6, 6.07) is 4.25. The summed E-state index contributed by atoms with van der Waals surface area (Å²) in [5.41, 5.74) is -0.161. The summed E-state index contributed by atoms with van der Waals surface area (Å²) in [5.74, 6) is -1.98. The number of rotatable bonds is 7. The smallest absolute Gasteiger partial charge is 0.341 e. The van der Waals surface area contributed by atoms with Crippen LogP contribution in [-0.4, -0.2) is 35.9 Å². The van der Waals surface area contributed by atoms with Crippen molar-refractivity contribution in [3.63, 3.8) is 0 Å². The van der Waals surface area contributed by atoms with Crippen molar-refractivity contribution >= 4 is 17.6 Å². The Bertz CT molecular complexity index is 561. The lowest BCUT2D eigenvalue weighted by atomic mass is 10.1. The van der Waals surface area contributed by atoms with Gasteiger partial charge in [0.2, 0.25) is 5.91 Å². The van der Waals surface area contributed by atoms with Gasteiger partial charge in [-0.15, -0.1) is 0 Å². The lowest BCUT2D eigenvalue weighted by Gasteiger charge is -2.19. The van der Waals surface area contributed by atoms with E-state index in [1.54, 1.807) is 20.8 Å². The Labute approximate surface area is 135 Å². The van der Waals surface area contributed by atoms with Crippen LogP contribution in [0.1, 0.15) is 38.1 Å². The molecule has 3 N–H and O–H groups in total. The van der Waals surface area contributed by atoms with Crippen LogP contribution in [0.3, 0.4) is 0 Å². The van der Waals surface area contributed by atoms with E-state index in [9.17, 15) is 14.0 Å². The standard InChI is InChI=1S/C16H23FN2O4/c1-9(2)15(21)19-11(4)18-13-7-5-6-12(14(13)17)16(22)23-8-10(3)20/h5-7,9-11,18,20H,8H2,1-4H3,(H,19,21). The molecular weight excluding hydrogens is 303 g/mol. The van der Waals surface area contributed by atoms with Crippen LogP contribution in [0.25, 0.3) is 0 Å². The first-order chi connectivity index (χ1) is 10.7. The van der Waals surface area contributed by atoms with Crippen LogP contribution in [0.2, 0.25) is 0 Å². The molecule has 1 aromatic carbocycles. The van der Waals surface area contributed by atoms with E-state index in [0.29, 0.717) is 0 Å². The Kier molecular flexibility index (Phi) is 6.96. The van der Waals surface area contributed by atoms with Gasteiger partial charge in [0.25, 0.3) is 0 Å². The Morgan fingerprint density at radius 1 is 1.26 bits per heavy atom. The highest BCUT2D eigenvalue weighted by atomic mass is 19.1. The van der Waals surface area contributed by atoms with E-state index in [1.807, 2.05) is 0 Å². The van der Waals surface area contributed by atoms with Crippen LogP contribution in [0.5, 0.6) is 0 Å². The number of halogens is 1. The molecule has 0 aliphatic rings. The number of carbonyl (C=O) groups excluding carboxylic acids is 2. The van der Waals surface area contributed by atoms with Crippen molar-refractivity contribution in [2.24, 2.45) is 5.92 Å². The first-order valence-corrected chi connectivity index (χ1v) is 7.43. The zero-order chi connectivity index (χ0) is 17.6.